The second kappa shape index (κ2) is 5.05. The first kappa shape index (κ1) is 12.4. The van der Waals surface area contributed by atoms with Gasteiger partial charge in [-0.15, -0.1) is 11.3 Å². The van der Waals surface area contributed by atoms with Gasteiger partial charge in [-0.3, -0.25) is 0 Å². The molecule has 84 valence electrons. The SMILES string of the molecule is Fc1ccc(C(Br)c2sccc2Cl)cc1Cl. The third kappa shape index (κ3) is 2.43. The molecule has 0 radical (unpaired) electrons. The Morgan fingerprint density at radius 2 is 1.94 bits per heavy atom. The van der Waals surface area contributed by atoms with Crippen LogP contribution in [0.1, 0.15) is 15.3 Å². The van der Waals surface area contributed by atoms with Crippen LogP contribution in [-0.4, -0.2) is 0 Å². The molecule has 0 spiro atoms. The van der Waals surface area contributed by atoms with Gasteiger partial charge < -0.3 is 0 Å². The molecule has 1 aromatic heterocycles. The van der Waals surface area contributed by atoms with Crippen molar-refractivity contribution in [2.24, 2.45) is 0 Å². The third-order valence-corrected chi connectivity index (χ3v) is 5.11. The van der Waals surface area contributed by atoms with Gasteiger partial charge in [0, 0.05) is 4.88 Å². The van der Waals surface area contributed by atoms with E-state index in [-0.39, 0.29) is 9.85 Å². The summed E-state index contributed by atoms with van der Waals surface area (Å²) in [6, 6.07) is 6.48. The summed E-state index contributed by atoms with van der Waals surface area (Å²) in [5, 5.41) is 2.73. The summed E-state index contributed by atoms with van der Waals surface area (Å²) in [5.74, 6) is -0.414. The highest BCUT2D eigenvalue weighted by atomic mass is 79.9. The zero-order chi connectivity index (χ0) is 11.7. The van der Waals surface area contributed by atoms with Crippen LogP contribution in [0.3, 0.4) is 0 Å². The molecule has 1 unspecified atom stereocenters. The number of hydrogen-bond donors (Lipinski definition) is 0. The maximum absolute atomic E-state index is 13.0. The lowest BCUT2D eigenvalue weighted by Crippen LogP contribution is -1.91. The normalized spacial score (nSPS) is 12.8. The standard InChI is InChI=1S/C11H6BrCl2FS/c12-10(11-7(13)3-4-16-11)6-1-2-9(15)8(14)5-6/h1-5,10H. The van der Waals surface area contributed by atoms with Crippen LogP contribution in [0.4, 0.5) is 4.39 Å². The molecule has 0 amide bonds. The van der Waals surface area contributed by atoms with Crippen LogP contribution >= 0.6 is 50.5 Å². The molecular formula is C11H6BrCl2FS. The minimum absolute atomic E-state index is 0.0573. The van der Waals surface area contributed by atoms with E-state index in [9.17, 15) is 4.39 Å². The first-order chi connectivity index (χ1) is 7.59. The van der Waals surface area contributed by atoms with Crippen LogP contribution in [0, 0.1) is 5.82 Å². The van der Waals surface area contributed by atoms with Gasteiger partial charge in [0.15, 0.2) is 0 Å². The smallest absolute Gasteiger partial charge is 0.141 e. The Hall–Kier alpha value is -0.0900. The highest BCUT2D eigenvalue weighted by Gasteiger charge is 2.16. The van der Waals surface area contributed by atoms with Gasteiger partial charge in [0.2, 0.25) is 0 Å². The Morgan fingerprint density at radius 1 is 1.19 bits per heavy atom. The van der Waals surface area contributed by atoms with Crippen LogP contribution in [0.2, 0.25) is 10.0 Å². The van der Waals surface area contributed by atoms with E-state index in [1.807, 2.05) is 11.4 Å². The number of halogens is 4. The zero-order valence-corrected chi connectivity index (χ0v) is 11.8. The fourth-order valence-electron chi connectivity index (χ4n) is 1.31. The molecule has 16 heavy (non-hydrogen) atoms. The molecule has 0 saturated heterocycles. The average Bonchev–Trinajstić information content (AvgIpc) is 2.67. The minimum atomic E-state index is -0.414. The number of alkyl halides is 1. The Labute approximate surface area is 115 Å². The second-order valence-electron chi connectivity index (χ2n) is 3.17. The molecule has 5 heteroatoms. The van der Waals surface area contributed by atoms with E-state index in [2.05, 4.69) is 15.9 Å². The molecule has 1 heterocycles. The molecule has 0 fully saturated rings. The molecule has 2 aromatic rings. The Bertz CT molecular complexity index is 512. The average molecular weight is 340 g/mol. The van der Waals surface area contributed by atoms with Crippen LogP contribution < -0.4 is 0 Å². The number of hydrogen-bond acceptors (Lipinski definition) is 1. The zero-order valence-electron chi connectivity index (χ0n) is 7.88. The van der Waals surface area contributed by atoms with Gasteiger partial charge in [-0.25, -0.2) is 4.39 Å². The van der Waals surface area contributed by atoms with Crippen molar-refractivity contribution in [2.45, 2.75) is 4.83 Å². The largest absolute Gasteiger partial charge is 0.205 e. The van der Waals surface area contributed by atoms with Crippen molar-refractivity contribution < 1.29 is 4.39 Å². The molecule has 0 saturated carbocycles. The second-order valence-corrected chi connectivity index (χ2v) is 5.85. The first-order valence-corrected chi connectivity index (χ1v) is 6.96. The predicted octanol–water partition coefficient (Wildman–Crippen LogP) is 5.68. The van der Waals surface area contributed by atoms with Crippen molar-refractivity contribution in [1.82, 2.24) is 0 Å². The maximum atomic E-state index is 13.0. The van der Waals surface area contributed by atoms with E-state index in [0.29, 0.717) is 5.02 Å². The van der Waals surface area contributed by atoms with Gasteiger partial charge in [-0.1, -0.05) is 45.2 Å². The van der Waals surface area contributed by atoms with E-state index >= 15 is 0 Å². The van der Waals surface area contributed by atoms with E-state index in [4.69, 9.17) is 23.2 Å². The van der Waals surface area contributed by atoms with Crippen LogP contribution in [-0.2, 0) is 0 Å². The van der Waals surface area contributed by atoms with Crippen molar-refractivity contribution in [3.8, 4) is 0 Å². The highest BCUT2D eigenvalue weighted by molar-refractivity contribution is 9.09. The molecule has 1 atom stereocenters. The van der Waals surface area contributed by atoms with Gasteiger partial charge in [-0.05, 0) is 29.1 Å². The highest BCUT2D eigenvalue weighted by Crippen LogP contribution is 2.39. The summed E-state index contributed by atoms with van der Waals surface area (Å²) in [4.78, 5) is 0.933. The first-order valence-electron chi connectivity index (χ1n) is 4.41. The fourth-order valence-corrected chi connectivity index (χ4v) is 3.65. The van der Waals surface area contributed by atoms with Crippen LogP contribution in [0.5, 0.6) is 0 Å². The maximum Gasteiger partial charge on any atom is 0.141 e. The van der Waals surface area contributed by atoms with E-state index in [1.54, 1.807) is 23.5 Å². The molecule has 2 rings (SSSR count). The molecule has 0 N–H and O–H groups in total. The Kier molecular flexibility index (Phi) is 3.90. The summed E-state index contributed by atoms with van der Waals surface area (Å²) in [5.41, 5.74) is 0.885. The van der Waals surface area contributed by atoms with E-state index in [1.165, 1.54) is 6.07 Å². The van der Waals surface area contributed by atoms with Gasteiger partial charge in [-0.2, -0.15) is 0 Å². The quantitative estimate of drug-likeness (QED) is 0.617. The lowest BCUT2D eigenvalue weighted by atomic mass is 10.1. The summed E-state index contributed by atoms with van der Waals surface area (Å²) in [7, 11) is 0. The van der Waals surface area contributed by atoms with Gasteiger partial charge in [0.25, 0.3) is 0 Å². The lowest BCUT2D eigenvalue weighted by Gasteiger charge is -2.09. The molecule has 0 aliphatic heterocycles. The van der Waals surface area contributed by atoms with E-state index in [0.717, 1.165) is 10.4 Å². The fraction of sp³-hybridized carbons (Fsp3) is 0.0909. The van der Waals surface area contributed by atoms with Crippen molar-refractivity contribution in [3.05, 3.63) is 55.9 Å². The third-order valence-electron chi connectivity index (χ3n) is 2.11. The summed E-state index contributed by atoms with van der Waals surface area (Å²) in [6.45, 7) is 0. The van der Waals surface area contributed by atoms with Crippen molar-refractivity contribution in [2.75, 3.05) is 0 Å². The number of benzene rings is 1. The van der Waals surface area contributed by atoms with Gasteiger partial charge >= 0.3 is 0 Å². The van der Waals surface area contributed by atoms with Crippen molar-refractivity contribution >= 4 is 50.5 Å². The van der Waals surface area contributed by atoms with Crippen LogP contribution in [0.15, 0.2) is 29.6 Å². The number of rotatable bonds is 2. The summed E-state index contributed by atoms with van der Waals surface area (Å²) >= 11 is 16.8. The Balaban J connectivity index is 2.38. The molecule has 0 nitrogen and oxygen atoms in total. The molecule has 0 bridgehead atoms. The Morgan fingerprint density at radius 3 is 2.50 bits per heavy atom. The van der Waals surface area contributed by atoms with Gasteiger partial charge in [0.1, 0.15) is 5.82 Å². The number of thiophene rings is 1. The van der Waals surface area contributed by atoms with Crippen molar-refractivity contribution in [3.63, 3.8) is 0 Å². The summed E-state index contributed by atoms with van der Waals surface area (Å²) in [6.07, 6.45) is 0. The monoisotopic (exact) mass is 338 g/mol. The molecular weight excluding hydrogens is 334 g/mol. The van der Waals surface area contributed by atoms with Crippen molar-refractivity contribution in [1.29, 1.82) is 0 Å². The van der Waals surface area contributed by atoms with E-state index < -0.39 is 5.82 Å². The minimum Gasteiger partial charge on any atom is -0.205 e. The topological polar surface area (TPSA) is 0 Å². The lowest BCUT2D eigenvalue weighted by molar-refractivity contribution is 0.627. The molecule has 0 aliphatic carbocycles. The molecule has 0 aliphatic rings. The summed E-state index contributed by atoms with van der Waals surface area (Å²) < 4.78 is 13.0. The van der Waals surface area contributed by atoms with Crippen LogP contribution in [0.25, 0.3) is 0 Å². The molecule has 1 aromatic carbocycles. The predicted molar refractivity (Wildman–Crippen MR) is 71.5 cm³/mol. The van der Waals surface area contributed by atoms with Gasteiger partial charge in [0.05, 0.1) is 14.9 Å².